The van der Waals surface area contributed by atoms with E-state index in [1.165, 1.54) is 11.0 Å². The zero-order valence-corrected chi connectivity index (χ0v) is 11.2. The van der Waals surface area contributed by atoms with E-state index in [9.17, 15) is 9.90 Å². The molecule has 0 spiro atoms. The number of tetrazole rings is 1. The molecule has 0 saturated heterocycles. The quantitative estimate of drug-likeness (QED) is 0.771. The lowest BCUT2D eigenvalue weighted by Gasteiger charge is -2.17. The van der Waals surface area contributed by atoms with Gasteiger partial charge in [-0.2, -0.15) is 0 Å². The second kappa shape index (κ2) is 6.76. The van der Waals surface area contributed by atoms with Gasteiger partial charge in [0, 0.05) is 13.0 Å². The van der Waals surface area contributed by atoms with Crippen LogP contribution in [0.5, 0.6) is 0 Å². The Kier molecular flexibility index (Phi) is 4.78. The molecular formula is C13H17N5O2. The smallest absolute Gasteiger partial charge is 0.245 e. The molecular weight excluding hydrogens is 258 g/mol. The summed E-state index contributed by atoms with van der Waals surface area (Å²) in [4.78, 5) is 12.2. The van der Waals surface area contributed by atoms with Gasteiger partial charge in [0.05, 0.1) is 6.10 Å². The minimum absolute atomic E-state index is 0.201. The molecule has 7 heteroatoms. The minimum Gasteiger partial charge on any atom is -0.392 e. The number of hydrogen-bond acceptors (Lipinski definition) is 5. The van der Waals surface area contributed by atoms with Crippen molar-refractivity contribution < 1.29 is 9.90 Å². The summed E-state index contributed by atoms with van der Waals surface area (Å²) < 4.78 is 1.42. The van der Waals surface area contributed by atoms with Crippen molar-refractivity contribution in [3.63, 3.8) is 0 Å². The summed E-state index contributed by atoms with van der Waals surface area (Å²) in [5.41, 5.74) is 1.01. The Hall–Kier alpha value is -2.28. The molecule has 0 aliphatic heterocycles. The average Bonchev–Trinajstić information content (AvgIpc) is 2.97. The highest BCUT2D eigenvalue weighted by atomic mass is 16.3. The van der Waals surface area contributed by atoms with Crippen LogP contribution in [-0.2, 0) is 11.2 Å². The number of aliphatic hydroxyl groups excluding tert-OH is 1. The molecule has 1 amide bonds. The number of amides is 1. The van der Waals surface area contributed by atoms with E-state index in [2.05, 4.69) is 20.8 Å². The molecule has 0 saturated carbocycles. The lowest BCUT2D eigenvalue weighted by Crippen LogP contribution is -2.37. The zero-order valence-electron chi connectivity index (χ0n) is 11.2. The topological polar surface area (TPSA) is 92.9 Å². The van der Waals surface area contributed by atoms with Crippen molar-refractivity contribution in [2.24, 2.45) is 0 Å². The molecule has 106 valence electrons. The summed E-state index contributed by atoms with van der Waals surface area (Å²) in [5.74, 6) is -0.220. The maximum atomic E-state index is 12.2. The predicted molar refractivity (Wildman–Crippen MR) is 71.7 cm³/mol. The van der Waals surface area contributed by atoms with Gasteiger partial charge in [0.25, 0.3) is 0 Å². The van der Waals surface area contributed by atoms with Crippen LogP contribution in [0.25, 0.3) is 0 Å². The van der Waals surface area contributed by atoms with Gasteiger partial charge in [0.2, 0.25) is 5.91 Å². The van der Waals surface area contributed by atoms with E-state index in [1.54, 1.807) is 6.92 Å². The highest BCUT2D eigenvalue weighted by Crippen LogP contribution is 2.13. The van der Waals surface area contributed by atoms with E-state index in [4.69, 9.17) is 0 Å². The molecule has 2 rings (SSSR count). The number of aliphatic hydroxyl groups is 1. The summed E-state index contributed by atoms with van der Waals surface area (Å²) in [6, 6.07) is 9.10. The molecule has 2 atom stereocenters. The van der Waals surface area contributed by atoms with Crippen LogP contribution in [0.4, 0.5) is 0 Å². The Balaban J connectivity index is 2.11. The first-order chi connectivity index (χ1) is 9.66. The van der Waals surface area contributed by atoms with E-state index in [1.807, 2.05) is 30.3 Å². The largest absolute Gasteiger partial charge is 0.392 e. The molecule has 1 heterocycles. The predicted octanol–water partition coefficient (Wildman–Crippen LogP) is -0.0461. The highest BCUT2D eigenvalue weighted by Gasteiger charge is 2.22. The molecule has 0 radical (unpaired) electrons. The molecule has 0 aliphatic rings. The Morgan fingerprint density at radius 1 is 1.40 bits per heavy atom. The maximum Gasteiger partial charge on any atom is 0.245 e. The SMILES string of the molecule is CC(O)CNC(=O)C(Cc1ccccc1)n1cnnn1. The summed E-state index contributed by atoms with van der Waals surface area (Å²) >= 11 is 0. The van der Waals surface area contributed by atoms with Crippen LogP contribution in [0.15, 0.2) is 36.7 Å². The first-order valence-electron chi connectivity index (χ1n) is 6.39. The molecule has 2 aromatic rings. The van der Waals surface area contributed by atoms with Crippen LogP contribution in [0.1, 0.15) is 18.5 Å². The van der Waals surface area contributed by atoms with Gasteiger partial charge in [-0.1, -0.05) is 30.3 Å². The monoisotopic (exact) mass is 275 g/mol. The summed E-state index contributed by atoms with van der Waals surface area (Å²) in [5, 5.41) is 22.9. The lowest BCUT2D eigenvalue weighted by molar-refractivity contribution is -0.125. The fourth-order valence-corrected chi connectivity index (χ4v) is 1.82. The van der Waals surface area contributed by atoms with E-state index in [-0.39, 0.29) is 12.5 Å². The Bertz CT molecular complexity index is 527. The fraction of sp³-hybridized carbons (Fsp3) is 0.385. The summed E-state index contributed by atoms with van der Waals surface area (Å²) in [7, 11) is 0. The Morgan fingerprint density at radius 3 is 2.75 bits per heavy atom. The van der Waals surface area contributed by atoms with Crippen molar-refractivity contribution in [2.75, 3.05) is 6.54 Å². The first kappa shape index (κ1) is 14.1. The number of nitrogens with one attached hydrogen (secondary N) is 1. The second-order valence-electron chi connectivity index (χ2n) is 4.59. The van der Waals surface area contributed by atoms with Gasteiger partial charge < -0.3 is 10.4 Å². The van der Waals surface area contributed by atoms with Crippen LogP contribution in [0.3, 0.4) is 0 Å². The third kappa shape index (κ3) is 3.86. The van der Waals surface area contributed by atoms with Crippen LogP contribution in [0, 0.1) is 0 Å². The molecule has 2 N–H and O–H groups in total. The van der Waals surface area contributed by atoms with Crippen molar-refractivity contribution in [3.8, 4) is 0 Å². The van der Waals surface area contributed by atoms with Gasteiger partial charge in [-0.25, -0.2) is 4.68 Å². The molecule has 0 fully saturated rings. The number of nitrogens with zero attached hydrogens (tertiary/aromatic N) is 4. The highest BCUT2D eigenvalue weighted by molar-refractivity contribution is 5.80. The fourth-order valence-electron chi connectivity index (χ4n) is 1.82. The normalized spacial score (nSPS) is 13.7. The van der Waals surface area contributed by atoms with Crippen LogP contribution >= 0.6 is 0 Å². The van der Waals surface area contributed by atoms with Crippen molar-refractivity contribution in [3.05, 3.63) is 42.2 Å². The van der Waals surface area contributed by atoms with E-state index in [0.29, 0.717) is 6.42 Å². The molecule has 7 nitrogen and oxygen atoms in total. The summed E-state index contributed by atoms with van der Waals surface area (Å²) in [6.45, 7) is 1.82. The third-order valence-corrected chi connectivity index (χ3v) is 2.83. The second-order valence-corrected chi connectivity index (χ2v) is 4.59. The van der Waals surface area contributed by atoms with E-state index >= 15 is 0 Å². The number of aromatic nitrogens is 4. The lowest BCUT2D eigenvalue weighted by atomic mass is 10.1. The zero-order chi connectivity index (χ0) is 14.4. The third-order valence-electron chi connectivity index (χ3n) is 2.83. The van der Waals surface area contributed by atoms with Crippen LogP contribution in [-0.4, -0.2) is 43.9 Å². The minimum atomic E-state index is -0.592. The average molecular weight is 275 g/mol. The Labute approximate surface area is 116 Å². The number of carbonyl (C=O) groups is 1. The number of hydrogen-bond donors (Lipinski definition) is 2. The van der Waals surface area contributed by atoms with Crippen molar-refractivity contribution in [1.82, 2.24) is 25.5 Å². The molecule has 2 unspecified atom stereocenters. The van der Waals surface area contributed by atoms with Gasteiger partial charge in [0.1, 0.15) is 12.4 Å². The molecule has 1 aromatic carbocycles. The maximum absolute atomic E-state index is 12.2. The molecule has 0 bridgehead atoms. The number of benzene rings is 1. The van der Waals surface area contributed by atoms with Crippen molar-refractivity contribution >= 4 is 5.91 Å². The molecule has 0 aliphatic carbocycles. The van der Waals surface area contributed by atoms with Gasteiger partial charge >= 0.3 is 0 Å². The first-order valence-corrected chi connectivity index (χ1v) is 6.39. The van der Waals surface area contributed by atoms with Crippen molar-refractivity contribution in [2.45, 2.75) is 25.5 Å². The van der Waals surface area contributed by atoms with E-state index in [0.717, 1.165) is 5.56 Å². The molecule has 1 aromatic heterocycles. The van der Waals surface area contributed by atoms with Gasteiger partial charge in [0.15, 0.2) is 0 Å². The standard InChI is InChI=1S/C13H17N5O2/c1-10(19)8-14-13(20)12(18-9-15-16-17-18)7-11-5-3-2-4-6-11/h2-6,9-10,12,19H,7-8H2,1H3,(H,14,20). The molecule has 20 heavy (non-hydrogen) atoms. The van der Waals surface area contributed by atoms with E-state index < -0.39 is 12.1 Å². The Morgan fingerprint density at radius 2 is 2.15 bits per heavy atom. The summed E-state index contributed by atoms with van der Waals surface area (Å²) in [6.07, 6.45) is 1.30. The number of carbonyl (C=O) groups excluding carboxylic acids is 1. The number of rotatable bonds is 6. The van der Waals surface area contributed by atoms with Crippen LogP contribution in [0.2, 0.25) is 0 Å². The van der Waals surface area contributed by atoms with Gasteiger partial charge in [-0.15, -0.1) is 5.10 Å². The van der Waals surface area contributed by atoms with Crippen molar-refractivity contribution in [1.29, 1.82) is 0 Å². The van der Waals surface area contributed by atoms with Gasteiger partial charge in [-0.3, -0.25) is 4.79 Å². The van der Waals surface area contributed by atoms with Crippen LogP contribution < -0.4 is 5.32 Å². The van der Waals surface area contributed by atoms with Gasteiger partial charge in [-0.05, 0) is 22.9 Å².